The first kappa shape index (κ1) is 10.1. The molecule has 0 spiro atoms. The summed E-state index contributed by atoms with van der Waals surface area (Å²) in [6.07, 6.45) is 0. The zero-order valence-corrected chi connectivity index (χ0v) is 8.71. The molecular formula is C12H9N3O. The Balaban J connectivity index is 2.55. The highest BCUT2D eigenvalue weighted by Crippen LogP contribution is 2.16. The minimum absolute atomic E-state index is 0.153. The van der Waals surface area contributed by atoms with Gasteiger partial charge in [-0.2, -0.15) is 10.4 Å². The van der Waals surface area contributed by atoms with E-state index in [0.29, 0.717) is 11.3 Å². The second-order valence-electron chi connectivity index (χ2n) is 3.37. The molecule has 0 unspecified atom stereocenters. The van der Waals surface area contributed by atoms with E-state index in [2.05, 4.69) is 11.2 Å². The molecule has 1 heterocycles. The van der Waals surface area contributed by atoms with Crippen molar-refractivity contribution in [3.05, 3.63) is 52.3 Å². The van der Waals surface area contributed by atoms with Crippen LogP contribution < -0.4 is 5.56 Å². The van der Waals surface area contributed by atoms with Crippen LogP contribution in [0.3, 0.4) is 0 Å². The minimum atomic E-state index is -0.153. The Bertz CT molecular complexity index is 623. The van der Waals surface area contributed by atoms with Crippen LogP contribution in [0, 0.1) is 11.3 Å². The summed E-state index contributed by atoms with van der Waals surface area (Å²) < 4.78 is 1.27. The van der Waals surface area contributed by atoms with E-state index in [1.165, 1.54) is 10.7 Å². The molecule has 0 atom stereocenters. The molecule has 4 heteroatoms. The highest BCUT2D eigenvalue weighted by molar-refractivity contribution is 5.60. The van der Waals surface area contributed by atoms with E-state index in [4.69, 9.17) is 5.26 Å². The molecule has 4 nitrogen and oxygen atoms in total. The number of hydrogen-bond acceptors (Lipinski definition) is 3. The fraction of sp³-hybridized carbons (Fsp3) is 0.0833. The van der Waals surface area contributed by atoms with Crippen molar-refractivity contribution in [1.82, 2.24) is 9.78 Å². The Morgan fingerprint density at radius 3 is 2.81 bits per heavy atom. The third-order valence-electron chi connectivity index (χ3n) is 2.25. The molecule has 0 amide bonds. The number of nitrogens with zero attached hydrogens (tertiary/aromatic N) is 3. The van der Waals surface area contributed by atoms with E-state index in [-0.39, 0.29) is 5.56 Å². The van der Waals surface area contributed by atoms with Crippen molar-refractivity contribution in [1.29, 1.82) is 5.26 Å². The van der Waals surface area contributed by atoms with E-state index >= 15 is 0 Å². The normalized spacial score (nSPS) is 9.75. The van der Waals surface area contributed by atoms with Crippen molar-refractivity contribution in [2.75, 3.05) is 0 Å². The molecule has 2 rings (SSSR count). The molecular weight excluding hydrogens is 202 g/mol. The molecule has 0 saturated heterocycles. The quantitative estimate of drug-likeness (QED) is 0.714. The molecule has 0 radical (unpaired) electrons. The van der Waals surface area contributed by atoms with Crippen LogP contribution in [0.2, 0.25) is 0 Å². The fourth-order valence-corrected chi connectivity index (χ4v) is 1.40. The largest absolute Gasteiger partial charge is 0.268 e. The summed E-state index contributed by atoms with van der Waals surface area (Å²) in [5.74, 6) is 0. The summed E-state index contributed by atoms with van der Waals surface area (Å²) in [5.41, 5.74) is 1.93. The van der Waals surface area contributed by atoms with Gasteiger partial charge in [0.1, 0.15) is 0 Å². The molecule has 0 fully saturated rings. The Labute approximate surface area is 92.4 Å². The summed E-state index contributed by atoms with van der Waals surface area (Å²) in [5, 5.41) is 12.9. The maximum absolute atomic E-state index is 11.2. The number of benzene rings is 1. The van der Waals surface area contributed by atoms with Crippen LogP contribution >= 0.6 is 0 Å². The number of nitriles is 1. The minimum Gasteiger partial charge on any atom is -0.268 e. The van der Waals surface area contributed by atoms with Gasteiger partial charge in [0.05, 0.1) is 17.3 Å². The zero-order chi connectivity index (χ0) is 11.5. The summed E-state index contributed by atoms with van der Waals surface area (Å²) in [7, 11) is 1.60. The molecule has 1 aromatic heterocycles. The fourth-order valence-electron chi connectivity index (χ4n) is 1.40. The summed E-state index contributed by atoms with van der Waals surface area (Å²) >= 11 is 0. The van der Waals surface area contributed by atoms with Gasteiger partial charge in [0.25, 0.3) is 5.56 Å². The van der Waals surface area contributed by atoms with Crippen molar-refractivity contribution < 1.29 is 0 Å². The standard InChI is InChI=1S/C12H9N3O/c1-15-12(16)6-5-11(14-15)10-4-2-3-9(7-10)8-13/h2-7H,1H3. The first-order chi connectivity index (χ1) is 7.70. The Hall–Kier alpha value is -2.41. The molecule has 1 aromatic carbocycles. The van der Waals surface area contributed by atoms with E-state index in [0.717, 1.165) is 5.56 Å². The molecule has 0 aliphatic rings. The Morgan fingerprint density at radius 2 is 2.12 bits per heavy atom. The number of hydrogen-bond donors (Lipinski definition) is 0. The van der Waals surface area contributed by atoms with Gasteiger partial charge in [-0.25, -0.2) is 4.68 Å². The molecule has 0 bridgehead atoms. The molecule has 16 heavy (non-hydrogen) atoms. The van der Waals surface area contributed by atoms with Crippen LogP contribution in [0.25, 0.3) is 11.3 Å². The molecule has 0 N–H and O–H groups in total. The number of aryl methyl sites for hydroxylation is 1. The number of rotatable bonds is 1. The molecule has 2 aromatic rings. The monoisotopic (exact) mass is 211 g/mol. The highest BCUT2D eigenvalue weighted by Gasteiger charge is 2.01. The lowest BCUT2D eigenvalue weighted by Gasteiger charge is -2.02. The van der Waals surface area contributed by atoms with Crippen LogP contribution in [0.15, 0.2) is 41.2 Å². The van der Waals surface area contributed by atoms with Crippen LogP contribution in [-0.2, 0) is 7.05 Å². The van der Waals surface area contributed by atoms with E-state index in [1.807, 2.05) is 6.07 Å². The molecule has 0 aliphatic carbocycles. The first-order valence-electron chi connectivity index (χ1n) is 4.75. The summed E-state index contributed by atoms with van der Waals surface area (Å²) in [4.78, 5) is 11.2. The third kappa shape index (κ3) is 1.84. The predicted octanol–water partition coefficient (Wildman–Crippen LogP) is 1.32. The SMILES string of the molecule is Cn1nc(-c2cccc(C#N)c2)ccc1=O. The van der Waals surface area contributed by atoms with Gasteiger partial charge >= 0.3 is 0 Å². The van der Waals surface area contributed by atoms with Crippen LogP contribution in [0.4, 0.5) is 0 Å². The smallest absolute Gasteiger partial charge is 0.266 e. The highest BCUT2D eigenvalue weighted by atomic mass is 16.1. The van der Waals surface area contributed by atoms with Crippen molar-refractivity contribution in [2.24, 2.45) is 7.05 Å². The maximum atomic E-state index is 11.2. The molecule has 0 saturated carbocycles. The van der Waals surface area contributed by atoms with Gasteiger partial charge in [-0.15, -0.1) is 0 Å². The van der Waals surface area contributed by atoms with Crippen molar-refractivity contribution in [2.45, 2.75) is 0 Å². The third-order valence-corrected chi connectivity index (χ3v) is 2.25. The van der Waals surface area contributed by atoms with E-state index in [1.54, 1.807) is 31.3 Å². The average molecular weight is 211 g/mol. The van der Waals surface area contributed by atoms with Gasteiger partial charge in [-0.1, -0.05) is 12.1 Å². The van der Waals surface area contributed by atoms with Crippen LogP contribution in [-0.4, -0.2) is 9.78 Å². The molecule has 0 aliphatic heterocycles. The lowest BCUT2D eigenvalue weighted by molar-refractivity contribution is 0.712. The lowest BCUT2D eigenvalue weighted by Crippen LogP contribution is -2.18. The Morgan fingerprint density at radius 1 is 1.31 bits per heavy atom. The zero-order valence-electron chi connectivity index (χ0n) is 8.71. The van der Waals surface area contributed by atoms with Crippen LogP contribution in [0.1, 0.15) is 5.56 Å². The van der Waals surface area contributed by atoms with Crippen molar-refractivity contribution >= 4 is 0 Å². The van der Waals surface area contributed by atoms with Gasteiger partial charge < -0.3 is 0 Å². The van der Waals surface area contributed by atoms with Gasteiger partial charge in [0, 0.05) is 18.7 Å². The Kier molecular flexibility index (Phi) is 2.52. The van der Waals surface area contributed by atoms with Crippen molar-refractivity contribution in [3.63, 3.8) is 0 Å². The maximum Gasteiger partial charge on any atom is 0.266 e. The van der Waals surface area contributed by atoms with E-state index < -0.39 is 0 Å². The summed E-state index contributed by atoms with van der Waals surface area (Å²) in [6.45, 7) is 0. The predicted molar refractivity (Wildman–Crippen MR) is 59.6 cm³/mol. The lowest BCUT2D eigenvalue weighted by atomic mass is 10.1. The second-order valence-corrected chi connectivity index (χ2v) is 3.37. The van der Waals surface area contributed by atoms with E-state index in [9.17, 15) is 4.79 Å². The number of aromatic nitrogens is 2. The van der Waals surface area contributed by atoms with Crippen molar-refractivity contribution in [3.8, 4) is 17.3 Å². The topological polar surface area (TPSA) is 58.7 Å². The van der Waals surface area contributed by atoms with Gasteiger partial charge in [0.2, 0.25) is 0 Å². The first-order valence-corrected chi connectivity index (χ1v) is 4.75. The summed E-state index contributed by atoms with van der Waals surface area (Å²) in [6, 6.07) is 12.3. The second kappa shape index (κ2) is 3.99. The van der Waals surface area contributed by atoms with Gasteiger partial charge in [-0.05, 0) is 18.2 Å². The van der Waals surface area contributed by atoms with Gasteiger partial charge in [-0.3, -0.25) is 4.79 Å². The average Bonchev–Trinajstić information content (AvgIpc) is 2.33. The molecule has 78 valence electrons. The van der Waals surface area contributed by atoms with Crippen LogP contribution in [0.5, 0.6) is 0 Å². The van der Waals surface area contributed by atoms with Gasteiger partial charge in [0.15, 0.2) is 0 Å².